The molecule has 0 saturated carbocycles. The van der Waals surface area contributed by atoms with E-state index in [4.69, 9.17) is 18.9 Å². The van der Waals surface area contributed by atoms with Crippen molar-refractivity contribution >= 4 is 27.0 Å². The largest absolute Gasteiger partial charge is 0.495 e. The van der Waals surface area contributed by atoms with Crippen molar-refractivity contribution in [2.45, 2.75) is 51.2 Å². The number of carbonyl (C=O) groups is 1. The lowest BCUT2D eigenvalue weighted by Crippen LogP contribution is -2.39. The Labute approximate surface area is 211 Å². The number of benzene rings is 2. The summed E-state index contributed by atoms with van der Waals surface area (Å²) >= 11 is 0. The van der Waals surface area contributed by atoms with Crippen molar-refractivity contribution < 1.29 is 32.2 Å². The van der Waals surface area contributed by atoms with Gasteiger partial charge in [0.2, 0.25) is 0 Å². The van der Waals surface area contributed by atoms with Crippen LogP contribution in [0.2, 0.25) is 0 Å². The van der Waals surface area contributed by atoms with Crippen LogP contribution in [0.25, 0.3) is 10.9 Å². The Morgan fingerprint density at radius 1 is 1.08 bits per heavy atom. The number of fused-ring (bicyclic) bond motifs is 3. The predicted molar refractivity (Wildman–Crippen MR) is 136 cm³/mol. The number of carbonyl (C=O) groups excluding carboxylic acids is 1. The number of ether oxygens (including phenoxy) is 4. The number of hydrogen-bond donors (Lipinski definition) is 0. The third-order valence-electron chi connectivity index (χ3n) is 6.08. The van der Waals surface area contributed by atoms with Crippen LogP contribution in [-0.2, 0) is 14.8 Å². The van der Waals surface area contributed by atoms with E-state index in [1.165, 1.54) is 24.4 Å². The lowest BCUT2D eigenvalue weighted by molar-refractivity contribution is 0.0168. The number of aryl methyl sites for hydroxylation is 1. The van der Waals surface area contributed by atoms with E-state index in [0.29, 0.717) is 34.5 Å². The van der Waals surface area contributed by atoms with E-state index in [9.17, 15) is 13.2 Å². The van der Waals surface area contributed by atoms with E-state index in [1.807, 2.05) is 34.6 Å². The summed E-state index contributed by atoms with van der Waals surface area (Å²) in [4.78, 5) is 14.7. The second-order valence-electron chi connectivity index (χ2n) is 9.72. The molecule has 1 unspecified atom stereocenters. The Hall–Kier alpha value is -3.40. The Bertz CT molecular complexity index is 1420. The van der Waals surface area contributed by atoms with Crippen LogP contribution >= 0.6 is 0 Å². The quantitative estimate of drug-likeness (QED) is 0.487. The third-order valence-corrected chi connectivity index (χ3v) is 7.80. The molecule has 0 fully saturated rings. The monoisotopic (exact) mass is 516 g/mol. The van der Waals surface area contributed by atoms with E-state index < -0.39 is 27.8 Å². The molecule has 0 saturated heterocycles. The van der Waals surface area contributed by atoms with Gasteiger partial charge in [-0.1, -0.05) is 6.07 Å². The van der Waals surface area contributed by atoms with Gasteiger partial charge in [0, 0.05) is 23.2 Å². The van der Waals surface area contributed by atoms with Gasteiger partial charge in [0.25, 0.3) is 10.0 Å². The first kappa shape index (κ1) is 25.7. The molecule has 0 spiro atoms. The molecular formula is C26H32N2O7S. The molecule has 0 bridgehead atoms. The molecule has 2 aromatic carbocycles. The molecule has 1 aromatic heterocycles. The van der Waals surface area contributed by atoms with E-state index in [1.54, 1.807) is 35.2 Å². The average Bonchev–Trinajstić information content (AvgIpc) is 3.15. The molecule has 36 heavy (non-hydrogen) atoms. The van der Waals surface area contributed by atoms with Crippen molar-refractivity contribution in [1.82, 2.24) is 8.87 Å². The van der Waals surface area contributed by atoms with Crippen molar-refractivity contribution in [2.75, 3.05) is 27.4 Å². The number of hydrogen-bond acceptors (Lipinski definition) is 7. The van der Waals surface area contributed by atoms with Gasteiger partial charge in [-0.15, -0.1) is 0 Å². The summed E-state index contributed by atoms with van der Waals surface area (Å²) in [5.41, 5.74) is 1.17. The van der Waals surface area contributed by atoms with E-state index >= 15 is 0 Å². The molecule has 1 amide bonds. The van der Waals surface area contributed by atoms with Gasteiger partial charge in [-0.2, -0.15) is 0 Å². The van der Waals surface area contributed by atoms with Crippen molar-refractivity contribution in [3.63, 3.8) is 0 Å². The lowest BCUT2D eigenvalue weighted by atomic mass is 10.0. The zero-order valence-electron chi connectivity index (χ0n) is 21.6. The molecule has 3 aromatic rings. The molecule has 2 heterocycles. The number of rotatable bonds is 4. The highest BCUT2D eigenvalue weighted by Gasteiger charge is 2.35. The standard InChI is InChI=1S/C26H32N2O7S/c1-16-8-9-20(32-6)22(14-16)36(30,31)28-11-10-18-19(28)15-21(33-7)24-23(18)17(2)27(12-13-34-24)25(29)35-26(3,4)5/h8-11,14-15,17H,12-13H2,1-7H3. The summed E-state index contributed by atoms with van der Waals surface area (Å²) in [7, 11) is -1.10. The van der Waals surface area contributed by atoms with E-state index in [-0.39, 0.29) is 17.3 Å². The molecule has 0 N–H and O–H groups in total. The molecule has 10 heteroatoms. The molecule has 0 aliphatic carbocycles. The van der Waals surface area contributed by atoms with Gasteiger partial charge in [0.1, 0.15) is 22.9 Å². The van der Waals surface area contributed by atoms with Gasteiger partial charge in [-0.05, 0) is 58.4 Å². The van der Waals surface area contributed by atoms with E-state index in [0.717, 1.165) is 5.56 Å². The fourth-order valence-corrected chi connectivity index (χ4v) is 6.01. The molecule has 194 valence electrons. The summed E-state index contributed by atoms with van der Waals surface area (Å²) in [5.74, 6) is 1.10. The summed E-state index contributed by atoms with van der Waals surface area (Å²) < 4.78 is 51.5. The normalized spacial score (nSPS) is 16.2. The minimum atomic E-state index is -4.03. The minimum absolute atomic E-state index is 0.0519. The first-order valence-corrected chi connectivity index (χ1v) is 13.1. The highest BCUT2D eigenvalue weighted by molar-refractivity contribution is 7.90. The van der Waals surface area contributed by atoms with E-state index in [2.05, 4.69) is 0 Å². The van der Waals surface area contributed by atoms with Crippen molar-refractivity contribution in [3.8, 4) is 17.2 Å². The second-order valence-corrected chi connectivity index (χ2v) is 11.5. The van der Waals surface area contributed by atoms with Crippen LogP contribution < -0.4 is 14.2 Å². The fraction of sp³-hybridized carbons (Fsp3) is 0.423. The maximum absolute atomic E-state index is 13.8. The first-order chi connectivity index (χ1) is 16.9. The Kier molecular flexibility index (Phi) is 6.59. The van der Waals surface area contributed by atoms with Gasteiger partial charge < -0.3 is 18.9 Å². The number of methoxy groups -OCH3 is 2. The van der Waals surface area contributed by atoms with Gasteiger partial charge >= 0.3 is 6.09 Å². The van der Waals surface area contributed by atoms with Crippen LogP contribution in [0, 0.1) is 6.92 Å². The Morgan fingerprint density at radius 2 is 1.78 bits per heavy atom. The number of aromatic nitrogens is 1. The van der Waals surface area contributed by atoms with Gasteiger partial charge in [0.15, 0.2) is 11.5 Å². The summed E-state index contributed by atoms with van der Waals surface area (Å²) in [6.45, 7) is 9.65. The fourth-order valence-electron chi connectivity index (χ4n) is 4.42. The Balaban J connectivity index is 1.92. The molecule has 0 radical (unpaired) electrons. The van der Waals surface area contributed by atoms with Crippen LogP contribution in [-0.4, -0.2) is 56.4 Å². The highest BCUT2D eigenvalue weighted by Crippen LogP contribution is 2.45. The van der Waals surface area contributed by atoms with Crippen molar-refractivity contribution in [3.05, 3.63) is 47.7 Å². The molecular weight excluding hydrogens is 484 g/mol. The first-order valence-electron chi connectivity index (χ1n) is 11.6. The molecule has 1 aliphatic heterocycles. The Morgan fingerprint density at radius 3 is 2.42 bits per heavy atom. The van der Waals surface area contributed by atoms with Gasteiger partial charge in [0.05, 0.1) is 32.3 Å². The summed E-state index contributed by atoms with van der Waals surface area (Å²) in [6.07, 6.45) is 1.02. The van der Waals surface area contributed by atoms with Crippen molar-refractivity contribution in [2.24, 2.45) is 0 Å². The van der Waals surface area contributed by atoms with Crippen LogP contribution in [0.3, 0.4) is 0 Å². The summed E-state index contributed by atoms with van der Waals surface area (Å²) in [6, 6.07) is 7.89. The molecule has 1 atom stereocenters. The second kappa shape index (κ2) is 9.24. The van der Waals surface area contributed by atoms with Crippen LogP contribution in [0.4, 0.5) is 4.79 Å². The number of nitrogens with zero attached hydrogens (tertiary/aromatic N) is 2. The zero-order chi connectivity index (χ0) is 26.4. The van der Waals surface area contributed by atoms with Gasteiger partial charge in [-0.25, -0.2) is 17.2 Å². The van der Waals surface area contributed by atoms with Crippen LogP contribution in [0.5, 0.6) is 17.2 Å². The molecule has 4 rings (SSSR count). The average molecular weight is 517 g/mol. The van der Waals surface area contributed by atoms with Gasteiger partial charge in [-0.3, -0.25) is 4.90 Å². The van der Waals surface area contributed by atoms with Crippen LogP contribution in [0.1, 0.15) is 44.9 Å². The smallest absolute Gasteiger partial charge is 0.410 e. The van der Waals surface area contributed by atoms with Crippen LogP contribution in [0.15, 0.2) is 41.4 Å². The predicted octanol–water partition coefficient (Wildman–Crippen LogP) is 4.89. The SMILES string of the molecule is COc1ccc(C)cc1S(=O)(=O)n1ccc2c3c(c(OC)cc21)OCCN(C(=O)OC(C)(C)C)C3C. The topological polar surface area (TPSA) is 96.3 Å². The molecule has 9 nitrogen and oxygen atoms in total. The lowest BCUT2D eigenvalue weighted by Gasteiger charge is -2.30. The maximum Gasteiger partial charge on any atom is 0.410 e. The zero-order valence-corrected chi connectivity index (χ0v) is 22.4. The minimum Gasteiger partial charge on any atom is -0.495 e. The van der Waals surface area contributed by atoms with Crippen molar-refractivity contribution in [1.29, 1.82) is 0 Å². The summed E-state index contributed by atoms with van der Waals surface area (Å²) in [5, 5.41) is 0.629. The highest BCUT2D eigenvalue weighted by atomic mass is 32.2. The number of amides is 1. The third kappa shape index (κ3) is 4.45. The molecule has 1 aliphatic rings. The maximum atomic E-state index is 13.8.